The molecule has 0 spiro atoms. The summed E-state index contributed by atoms with van der Waals surface area (Å²) in [5.74, 6) is -1.71. The fraction of sp³-hybridized carbons (Fsp3) is 0.462. The van der Waals surface area contributed by atoms with Crippen molar-refractivity contribution < 1.29 is 13.6 Å². The van der Waals surface area contributed by atoms with Gasteiger partial charge in [0.25, 0.3) is 0 Å². The lowest BCUT2D eigenvalue weighted by molar-refractivity contribution is -0.122. The summed E-state index contributed by atoms with van der Waals surface area (Å²) in [5.41, 5.74) is -0.274. The lowest BCUT2D eigenvalue weighted by Gasteiger charge is -2.18. The summed E-state index contributed by atoms with van der Waals surface area (Å²) in [5, 5.41) is 5.29. The smallest absolute Gasteiger partial charge is 0.242 e. The van der Waals surface area contributed by atoms with Gasteiger partial charge in [-0.25, -0.2) is 8.78 Å². The van der Waals surface area contributed by atoms with Crippen LogP contribution in [0.4, 0.5) is 14.5 Å². The molecule has 1 rings (SSSR count). The second kappa shape index (κ2) is 6.33. The van der Waals surface area contributed by atoms with E-state index < -0.39 is 17.7 Å². The SMILES string of the molecule is CCC(C)NC(=O)C(C)Nc1c(F)cccc1F. The van der Waals surface area contributed by atoms with E-state index in [1.165, 1.54) is 6.07 Å². The fourth-order valence-corrected chi connectivity index (χ4v) is 1.39. The molecule has 1 aromatic rings. The molecular weight excluding hydrogens is 238 g/mol. The lowest BCUT2D eigenvalue weighted by Crippen LogP contribution is -2.42. The molecule has 1 amide bonds. The quantitative estimate of drug-likeness (QED) is 0.850. The van der Waals surface area contributed by atoms with Gasteiger partial charge < -0.3 is 10.6 Å². The van der Waals surface area contributed by atoms with Crippen molar-refractivity contribution in [3.05, 3.63) is 29.8 Å². The first-order valence-electron chi connectivity index (χ1n) is 5.96. The highest BCUT2D eigenvalue weighted by Crippen LogP contribution is 2.18. The van der Waals surface area contributed by atoms with E-state index in [-0.39, 0.29) is 17.6 Å². The molecule has 0 aliphatic heterocycles. The molecular formula is C13H18F2N2O. The van der Waals surface area contributed by atoms with Gasteiger partial charge in [-0.1, -0.05) is 13.0 Å². The van der Waals surface area contributed by atoms with E-state index in [0.29, 0.717) is 0 Å². The first-order valence-corrected chi connectivity index (χ1v) is 5.96. The van der Waals surface area contributed by atoms with Gasteiger partial charge in [0.1, 0.15) is 23.4 Å². The third-order valence-electron chi connectivity index (χ3n) is 2.72. The normalized spacial score (nSPS) is 13.8. The Morgan fingerprint density at radius 2 is 1.83 bits per heavy atom. The number of benzene rings is 1. The van der Waals surface area contributed by atoms with Gasteiger partial charge in [0.15, 0.2) is 0 Å². The van der Waals surface area contributed by atoms with E-state index in [1.54, 1.807) is 6.92 Å². The number of carbonyl (C=O) groups excluding carboxylic acids is 1. The van der Waals surface area contributed by atoms with Gasteiger partial charge in [-0.3, -0.25) is 4.79 Å². The van der Waals surface area contributed by atoms with E-state index in [1.807, 2.05) is 13.8 Å². The first kappa shape index (κ1) is 14.4. The van der Waals surface area contributed by atoms with E-state index in [9.17, 15) is 13.6 Å². The van der Waals surface area contributed by atoms with Crippen molar-refractivity contribution >= 4 is 11.6 Å². The molecule has 0 aromatic heterocycles. The minimum absolute atomic E-state index is 0.0345. The van der Waals surface area contributed by atoms with E-state index in [4.69, 9.17) is 0 Å². The van der Waals surface area contributed by atoms with Gasteiger partial charge in [-0.2, -0.15) is 0 Å². The fourth-order valence-electron chi connectivity index (χ4n) is 1.39. The molecule has 100 valence electrons. The van der Waals surface area contributed by atoms with Crippen molar-refractivity contribution in [2.75, 3.05) is 5.32 Å². The topological polar surface area (TPSA) is 41.1 Å². The molecule has 2 unspecified atom stereocenters. The molecule has 2 N–H and O–H groups in total. The van der Waals surface area contributed by atoms with E-state index in [2.05, 4.69) is 10.6 Å². The number of halogens is 2. The Morgan fingerprint density at radius 1 is 1.28 bits per heavy atom. The molecule has 0 saturated carbocycles. The number of rotatable bonds is 5. The van der Waals surface area contributed by atoms with Gasteiger partial charge in [0.2, 0.25) is 5.91 Å². The van der Waals surface area contributed by atoms with Crippen LogP contribution in [0.5, 0.6) is 0 Å². The van der Waals surface area contributed by atoms with Crippen LogP contribution in [0.3, 0.4) is 0 Å². The number of hydrogen-bond donors (Lipinski definition) is 2. The first-order chi connectivity index (χ1) is 8.45. The van der Waals surface area contributed by atoms with Crippen LogP contribution >= 0.6 is 0 Å². The summed E-state index contributed by atoms with van der Waals surface area (Å²) in [6, 6.07) is 2.90. The molecule has 0 aliphatic carbocycles. The third kappa shape index (κ3) is 3.68. The minimum atomic E-state index is -0.710. The van der Waals surface area contributed by atoms with Crippen LogP contribution in [-0.2, 0) is 4.79 Å². The standard InChI is InChI=1S/C13H18F2N2O/c1-4-8(2)16-13(18)9(3)17-12-10(14)6-5-7-11(12)15/h5-9,17H,4H2,1-3H3,(H,16,18). The van der Waals surface area contributed by atoms with Gasteiger partial charge in [-0.15, -0.1) is 0 Å². The Labute approximate surface area is 106 Å². The van der Waals surface area contributed by atoms with Crippen LogP contribution in [0.15, 0.2) is 18.2 Å². The van der Waals surface area contributed by atoms with Crippen LogP contribution in [0.1, 0.15) is 27.2 Å². The highest BCUT2D eigenvalue weighted by molar-refractivity contribution is 5.84. The second-order valence-corrected chi connectivity index (χ2v) is 4.28. The zero-order chi connectivity index (χ0) is 13.7. The molecule has 3 nitrogen and oxygen atoms in total. The molecule has 0 heterocycles. The van der Waals surface area contributed by atoms with Crippen molar-refractivity contribution in [2.24, 2.45) is 0 Å². The highest BCUT2D eigenvalue weighted by atomic mass is 19.1. The average Bonchev–Trinajstić information content (AvgIpc) is 2.33. The second-order valence-electron chi connectivity index (χ2n) is 4.28. The summed E-state index contributed by atoms with van der Waals surface area (Å²) < 4.78 is 26.7. The molecule has 1 aromatic carbocycles. The zero-order valence-electron chi connectivity index (χ0n) is 10.8. The maximum absolute atomic E-state index is 13.4. The van der Waals surface area contributed by atoms with E-state index >= 15 is 0 Å². The van der Waals surface area contributed by atoms with Crippen molar-refractivity contribution in [3.63, 3.8) is 0 Å². The predicted octanol–water partition coefficient (Wildman–Crippen LogP) is 2.68. The summed E-state index contributed by atoms with van der Waals surface area (Å²) >= 11 is 0. The number of para-hydroxylation sites is 1. The zero-order valence-corrected chi connectivity index (χ0v) is 10.8. The van der Waals surface area contributed by atoms with Gasteiger partial charge in [0.05, 0.1) is 0 Å². The predicted molar refractivity (Wildman–Crippen MR) is 67.3 cm³/mol. The number of carbonyl (C=O) groups is 1. The van der Waals surface area contributed by atoms with Crippen LogP contribution < -0.4 is 10.6 Å². The van der Waals surface area contributed by atoms with Crippen LogP contribution in [0.2, 0.25) is 0 Å². The summed E-state index contributed by atoms with van der Waals surface area (Å²) in [6.07, 6.45) is 0.798. The van der Waals surface area contributed by atoms with Crippen molar-refractivity contribution in [2.45, 2.75) is 39.3 Å². The Morgan fingerprint density at radius 3 is 2.33 bits per heavy atom. The number of anilines is 1. The third-order valence-corrected chi connectivity index (χ3v) is 2.72. The van der Waals surface area contributed by atoms with Gasteiger partial charge in [0, 0.05) is 6.04 Å². The maximum atomic E-state index is 13.4. The molecule has 5 heteroatoms. The van der Waals surface area contributed by atoms with Crippen LogP contribution in [-0.4, -0.2) is 18.0 Å². The van der Waals surface area contributed by atoms with Crippen LogP contribution in [0, 0.1) is 11.6 Å². The number of hydrogen-bond acceptors (Lipinski definition) is 2. The number of amides is 1. The summed E-state index contributed by atoms with van der Waals surface area (Å²) in [4.78, 5) is 11.7. The largest absolute Gasteiger partial charge is 0.369 e. The average molecular weight is 256 g/mol. The van der Waals surface area contributed by atoms with Crippen LogP contribution in [0.25, 0.3) is 0 Å². The Kier molecular flexibility index (Phi) is 5.07. The number of nitrogens with one attached hydrogen (secondary N) is 2. The Balaban J connectivity index is 2.70. The molecule has 2 atom stereocenters. The summed E-state index contributed by atoms with van der Waals surface area (Å²) in [7, 11) is 0. The minimum Gasteiger partial charge on any atom is -0.369 e. The van der Waals surface area contributed by atoms with Crippen molar-refractivity contribution in [1.29, 1.82) is 0 Å². The molecule has 0 fully saturated rings. The molecule has 0 radical (unpaired) electrons. The molecule has 0 aliphatic rings. The molecule has 0 bridgehead atoms. The molecule has 18 heavy (non-hydrogen) atoms. The van der Waals surface area contributed by atoms with Crippen molar-refractivity contribution in [3.8, 4) is 0 Å². The molecule has 0 saturated heterocycles. The lowest BCUT2D eigenvalue weighted by atomic mass is 10.2. The van der Waals surface area contributed by atoms with Gasteiger partial charge >= 0.3 is 0 Å². The monoisotopic (exact) mass is 256 g/mol. The Bertz CT molecular complexity index is 403. The van der Waals surface area contributed by atoms with E-state index in [0.717, 1.165) is 18.6 Å². The highest BCUT2D eigenvalue weighted by Gasteiger charge is 2.17. The maximum Gasteiger partial charge on any atom is 0.242 e. The Hall–Kier alpha value is -1.65. The van der Waals surface area contributed by atoms with Gasteiger partial charge in [-0.05, 0) is 32.4 Å². The van der Waals surface area contributed by atoms with Crippen molar-refractivity contribution in [1.82, 2.24) is 5.32 Å². The summed E-state index contributed by atoms with van der Waals surface area (Å²) in [6.45, 7) is 5.37.